The van der Waals surface area contributed by atoms with Crippen LogP contribution in [0.15, 0.2) is 24.4 Å². The Labute approximate surface area is 128 Å². The first-order valence-electron chi connectivity index (χ1n) is 8.10. The number of aromatic nitrogens is 1. The lowest BCUT2D eigenvalue weighted by Gasteiger charge is -2.46. The summed E-state index contributed by atoms with van der Waals surface area (Å²) in [4.78, 5) is 7.05. The van der Waals surface area contributed by atoms with Crippen molar-refractivity contribution < 1.29 is 4.74 Å². The molecule has 1 saturated heterocycles. The summed E-state index contributed by atoms with van der Waals surface area (Å²) in [5, 5.41) is 3.73. The van der Waals surface area contributed by atoms with Crippen LogP contribution < -0.4 is 5.32 Å². The van der Waals surface area contributed by atoms with Crippen molar-refractivity contribution in [1.29, 1.82) is 0 Å². The summed E-state index contributed by atoms with van der Waals surface area (Å²) >= 11 is 0. The number of hydrogen-bond acceptors (Lipinski definition) is 4. The molecule has 0 radical (unpaired) electrons. The van der Waals surface area contributed by atoms with Crippen LogP contribution >= 0.6 is 0 Å². The molecular formula is C17H29N3O. The van der Waals surface area contributed by atoms with Crippen molar-refractivity contribution in [2.24, 2.45) is 0 Å². The van der Waals surface area contributed by atoms with E-state index in [9.17, 15) is 0 Å². The molecule has 1 aliphatic heterocycles. The van der Waals surface area contributed by atoms with Crippen LogP contribution in [0.4, 0.5) is 0 Å². The zero-order valence-corrected chi connectivity index (χ0v) is 13.6. The van der Waals surface area contributed by atoms with Crippen molar-refractivity contribution >= 4 is 0 Å². The number of pyridine rings is 1. The zero-order chi connectivity index (χ0) is 15.1. The topological polar surface area (TPSA) is 37.4 Å². The molecule has 0 aromatic carbocycles. The number of rotatable bonds is 7. The van der Waals surface area contributed by atoms with Gasteiger partial charge in [0.25, 0.3) is 0 Å². The first kappa shape index (κ1) is 16.4. The van der Waals surface area contributed by atoms with Crippen LogP contribution in [-0.4, -0.2) is 54.3 Å². The standard InChI is InChI=1S/C17H29N3O/c1-4-8-19-16(14-15-7-5-6-9-18-15)17(2,3)20-10-12-21-13-11-20/h5-7,9,16,19H,4,8,10-14H2,1-3H3. The van der Waals surface area contributed by atoms with Crippen LogP contribution in [0.1, 0.15) is 32.9 Å². The van der Waals surface area contributed by atoms with Gasteiger partial charge >= 0.3 is 0 Å². The van der Waals surface area contributed by atoms with E-state index in [2.05, 4.69) is 48.1 Å². The van der Waals surface area contributed by atoms with Crippen molar-refractivity contribution in [1.82, 2.24) is 15.2 Å². The second-order valence-corrected chi connectivity index (χ2v) is 6.28. The smallest absolute Gasteiger partial charge is 0.0594 e. The first-order valence-corrected chi connectivity index (χ1v) is 8.10. The van der Waals surface area contributed by atoms with E-state index in [1.54, 1.807) is 0 Å². The van der Waals surface area contributed by atoms with E-state index in [1.165, 1.54) is 0 Å². The molecule has 1 aromatic rings. The van der Waals surface area contributed by atoms with Gasteiger partial charge < -0.3 is 10.1 Å². The van der Waals surface area contributed by atoms with E-state index in [0.29, 0.717) is 6.04 Å². The molecule has 21 heavy (non-hydrogen) atoms. The third-order valence-electron chi connectivity index (χ3n) is 4.46. The van der Waals surface area contributed by atoms with Gasteiger partial charge in [0.05, 0.1) is 13.2 Å². The minimum atomic E-state index is 0.0937. The van der Waals surface area contributed by atoms with E-state index < -0.39 is 0 Å². The number of morpholine rings is 1. The highest BCUT2D eigenvalue weighted by molar-refractivity contribution is 5.08. The Morgan fingerprint density at radius 2 is 2.10 bits per heavy atom. The van der Waals surface area contributed by atoms with Crippen molar-refractivity contribution in [3.8, 4) is 0 Å². The summed E-state index contributed by atoms with van der Waals surface area (Å²) in [5.74, 6) is 0. The first-order chi connectivity index (χ1) is 10.1. The Balaban J connectivity index is 2.09. The van der Waals surface area contributed by atoms with Gasteiger partial charge in [-0.2, -0.15) is 0 Å². The average Bonchev–Trinajstić information content (AvgIpc) is 2.53. The molecule has 4 nitrogen and oxygen atoms in total. The molecule has 0 aliphatic carbocycles. The molecule has 0 bridgehead atoms. The van der Waals surface area contributed by atoms with Gasteiger partial charge in [0, 0.05) is 43.0 Å². The molecule has 1 aromatic heterocycles. The van der Waals surface area contributed by atoms with Gasteiger partial charge in [-0.3, -0.25) is 9.88 Å². The predicted octanol–water partition coefficient (Wildman–Crippen LogP) is 2.10. The van der Waals surface area contributed by atoms with Crippen LogP contribution in [0.3, 0.4) is 0 Å². The quantitative estimate of drug-likeness (QED) is 0.835. The molecule has 1 fully saturated rings. The lowest BCUT2D eigenvalue weighted by atomic mass is 9.88. The number of nitrogens with one attached hydrogen (secondary N) is 1. The minimum absolute atomic E-state index is 0.0937. The van der Waals surface area contributed by atoms with Crippen LogP contribution in [0.2, 0.25) is 0 Å². The SMILES string of the molecule is CCCNC(Cc1ccccn1)C(C)(C)N1CCOCC1. The summed E-state index contributed by atoms with van der Waals surface area (Å²) in [6.07, 6.45) is 4.00. The summed E-state index contributed by atoms with van der Waals surface area (Å²) in [6.45, 7) is 11.7. The minimum Gasteiger partial charge on any atom is -0.379 e. The zero-order valence-electron chi connectivity index (χ0n) is 13.6. The molecule has 2 rings (SSSR count). The molecule has 2 heterocycles. The van der Waals surface area contributed by atoms with Gasteiger partial charge in [-0.1, -0.05) is 13.0 Å². The van der Waals surface area contributed by atoms with Crippen molar-refractivity contribution in [2.75, 3.05) is 32.8 Å². The molecule has 1 aliphatic rings. The third-order valence-corrected chi connectivity index (χ3v) is 4.46. The van der Waals surface area contributed by atoms with Gasteiger partial charge in [-0.25, -0.2) is 0 Å². The maximum absolute atomic E-state index is 5.50. The van der Waals surface area contributed by atoms with Crippen molar-refractivity contribution in [3.05, 3.63) is 30.1 Å². The highest BCUT2D eigenvalue weighted by atomic mass is 16.5. The Morgan fingerprint density at radius 3 is 2.71 bits per heavy atom. The summed E-state index contributed by atoms with van der Waals surface area (Å²) in [7, 11) is 0. The van der Waals surface area contributed by atoms with Gasteiger partial charge in [-0.05, 0) is 38.9 Å². The fourth-order valence-corrected chi connectivity index (χ4v) is 2.98. The number of nitrogens with zero attached hydrogens (tertiary/aromatic N) is 2. The summed E-state index contributed by atoms with van der Waals surface area (Å²) < 4.78 is 5.50. The molecular weight excluding hydrogens is 262 g/mol. The maximum atomic E-state index is 5.50. The monoisotopic (exact) mass is 291 g/mol. The average molecular weight is 291 g/mol. The van der Waals surface area contributed by atoms with Gasteiger partial charge in [0.15, 0.2) is 0 Å². The maximum Gasteiger partial charge on any atom is 0.0594 e. The molecule has 118 valence electrons. The molecule has 0 spiro atoms. The Bertz CT molecular complexity index is 402. The normalized spacial score (nSPS) is 18.6. The van der Waals surface area contributed by atoms with Crippen molar-refractivity contribution in [2.45, 2.75) is 45.2 Å². The highest BCUT2D eigenvalue weighted by Crippen LogP contribution is 2.23. The van der Waals surface area contributed by atoms with Gasteiger partial charge in [0.2, 0.25) is 0 Å². The van der Waals surface area contributed by atoms with E-state index in [1.807, 2.05) is 12.3 Å². The van der Waals surface area contributed by atoms with E-state index in [0.717, 1.165) is 51.4 Å². The highest BCUT2D eigenvalue weighted by Gasteiger charge is 2.36. The molecule has 1 atom stereocenters. The fraction of sp³-hybridized carbons (Fsp3) is 0.706. The van der Waals surface area contributed by atoms with E-state index >= 15 is 0 Å². The van der Waals surface area contributed by atoms with Crippen molar-refractivity contribution in [3.63, 3.8) is 0 Å². The van der Waals surface area contributed by atoms with E-state index in [-0.39, 0.29) is 5.54 Å². The Kier molecular flexibility index (Phi) is 6.15. The fourth-order valence-electron chi connectivity index (χ4n) is 2.98. The molecule has 0 amide bonds. The predicted molar refractivity (Wildman–Crippen MR) is 86.5 cm³/mol. The molecule has 1 unspecified atom stereocenters. The lowest BCUT2D eigenvalue weighted by Crippen LogP contribution is -2.61. The Hall–Kier alpha value is -0.970. The Morgan fingerprint density at radius 1 is 1.33 bits per heavy atom. The van der Waals surface area contributed by atoms with Gasteiger partial charge in [0.1, 0.15) is 0 Å². The van der Waals surface area contributed by atoms with Gasteiger partial charge in [-0.15, -0.1) is 0 Å². The second-order valence-electron chi connectivity index (χ2n) is 6.28. The third kappa shape index (κ3) is 4.50. The lowest BCUT2D eigenvalue weighted by molar-refractivity contribution is -0.0233. The van der Waals surface area contributed by atoms with E-state index in [4.69, 9.17) is 4.74 Å². The van der Waals surface area contributed by atoms with Crippen LogP contribution in [0.5, 0.6) is 0 Å². The molecule has 1 N–H and O–H groups in total. The summed E-state index contributed by atoms with van der Waals surface area (Å²) in [5.41, 5.74) is 1.25. The molecule has 0 saturated carbocycles. The number of hydrogen-bond donors (Lipinski definition) is 1. The second kappa shape index (κ2) is 7.87. The van der Waals surface area contributed by atoms with Crippen LogP contribution in [-0.2, 0) is 11.2 Å². The molecule has 4 heteroatoms. The van der Waals surface area contributed by atoms with Crippen LogP contribution in [0.25, 0.3) is 0 Å². The largest absolute Gasteiger partial charge is 0.379 e. The number of ether oxygens (including phenoxy) is 1. The summed E-state index contributed by atoms with van der Waals surface area (Å²) in [6, 6.07) is 6.56. The van der Waals surface area contributed by atoms with Crippen LogP contribution in [0, 0.1) is 0 Å².